The van der Waals surface area contributed by atoms with E-state index in [0.717, 1.165) is 0 Å². The zero-order valence-electron chi connectivity index (χ0n) is 8.09. The van der Waals surface area contributed by atoms with Crippen LogP contribution in [-0.4, -0.2) is 23.6 Å². The lowest BCUT2D eigenvalue weighted by Gasteiger charge is -2.16. The second kappa shape index (κ2) is 4.81. The quantitative estimate of drug-likeness (QED) is 0.633. The number of nitrogens with one attached hydrogen (secondary N) is 1. The van der Waals surface area contributed by atoms with Gasteiger partial charge in [-0.2, -0.15) is 0 Å². The van der Waals surface area contributed by atoms with Crippen molar-refractivity contribution in [2.45, 2.75) is 27.2 Å². The van der Waals surface area contributed by atoms with Gasteiger partial charge in [0.05, 0.1) is 0 Å². The molecule has 0 radical (unpaired) electrons. The molecular formula is C8H15NO4. The zero-order chi connectivity index (χ0) is 10.5. The molecule has 0 bridgehead atoms. The largest absolute Gasteiger partial charge is 0.479 e. The van der Waals surface area contributed by atoms with Gasteiger partial charge in [0.15, 0.2) is 6.61 Å². The Bertz CT molecular complexity index is 195. The van der Waals surface area contributed by atoms with E-state index in [1.807, 2.05) is 20.8 Å². The summed E-state index contributed by atoms with van der Waals surface area (Å²) in [5, 5.41) is 8.18. The molecule has 5 nitrogen and oxygen atoms in total. The number of rotatable bonds is 4. The molecule has 13 heavy (non-hydrogen) atoms. The molecule has 0 aliphatic carbocycles. The molecule has 5 heteroatoms. The van der Waals surface area contributed by atoms with Crippen molar-refractivity contribution >= 4 is 11.9 Å². The summed E-state index contributed by atoms with van der Waals surface area (Å²) >= 11 is 0. The molecule has 0 saturated carbocycles. The number of aliphatic carboxylic acids is 1. The van der Waals surface area contributed by atoms with Gasteiger partial charge in [-0.05, 0) is 5.41 Å². The van der Waals surface area contributed by atoms with Crippen molar-refractivity contribution in [3.05, 3.63) is 0 Å². The first-order valence-corrected chi connectivity index (χ1v) is 3.94. The fourth-order valence-corrected chi connectivity index (χ4v) is 0.696. The Morgan fingerprint density at radius 1 is 1.38 bits per heavy atom. The fourth-order valence-electron chi connectivity index (χ4n) is 0.696. The van der Waals surface area contributed by atoms with Crippen molar-refractivity contribution in [3.8, 4) is 0 Å². The maximum atomic E-state index is 11.0. The van der Waals surface area contributed by atoms with Crippen LogP contribution in [0.5, 0.6) is 0 Å². The Morgan fingerprint density at radius 2 is 1.92 bits per heavy atom. The van der Waals surface area contributed by atoms with Crippen LogP contribution < -0.4 is 5.48 Å². The third-order valence-electron chi connectivity index (χ3n) is 1.07. The van der Waals surface area contributed by atoms with Crippen LogP contribution in [0, 0.1) is 5.41 Å². The van der Waals surface area contributed by atoms with Gasteiger partial charge in [-0.3, -0.25) is 9.63 Å². The van der Waals surface area contributed by atoms with Gasteiger partial charge in [0, 0.05) is 6.42 Å². The van der Waals surface area contributed by atoms with E-state index in [9.17, 15) is 9.59 Å². The Hall–Kier alpha value is -1.10. The monoisotopic (exact) mass is 189 g/mol. The van der Waals surface area contributed by atoms with Crippen molar-refractivity contribution in [1.29, 1.82) is 0 Å². The van der Waals surface area contributed by atoms with Gasteiger partial charge < -0.3 is 5.11 Å². The Balaban J connectivity index is 3.59. The van der Waals surface area contributed by atoms with Crippen molar-refractivity contribution in [1.82, 2.24) is 5.48 Å². The Labute approximate surface area is 77.0 Å². The lowest BCUT2D eigenvalue weighted by molar-refractivity contribution is -0.149. The number of carbonyl (C=O) groups is 2. The highest BCUT2D eigenvalue weighted by molar-refractivity contribution is 5.75. The summed E-state index contributed by atoms with van der Waals surface area (Å²) in [6, 6.07) is 0. The first-order valence-electron chi connectivity index (χ1n) is 3.94. The van der Waals surface area contributed by atoms with Gasteiger partial charge in [-0.25, -0.2) is 10.3 Å². The van der Waals surface area contributed by atoms with Gasteiger partial charge in [-0.15, -0.1) is 0 Å². The summed E-state index contributed by atoms with van der Waals surface area (Å²) in [6.07, 6.45) is 0.298. The molecule has 0 aromatic carbocycles. The average molecular weight is 189 g/mol. The fraction of sp³-hybridized carbons (Fsp3) is 0.750. The summed E-state index contributed by atoms with van der Waals surface area (Å²) in [5.74, 6) is -1.43. The SMILES string of the molecule is CC(C)(C)CC(=O)NOCC(=O)O. The lowest BCUT2D eigenvalue weighted by atomic mass is 9.92. The predicted octanol–water partition coefficient (Wildman–Crippen LogP) is 0.555. The van der Waals surface area contributed by atoms with Crippen LogP contribution in [0.3, 0.4) is 0 Å². The number of amides is 1. The van der Waals surface area contributed by atoms with Crippen molar-refractivity contribution in [3.63, 3.8) is 0 Å². The molecule has 0 atom stereocenters. The molecule has 0 aromatic rings. The summed E-state index contributed by atoms with van der Waals surface area (Å²) < 4.78 is 0. The van der Waals surface area contributed by atoms with Crippen molar-refractivity contribution < 1.29 is 19.5 Å². The number of carboxylic acids is 1. The minimum atomic E-state index is -1.11. The smallest absolute Gasteiger partial charge is 0.332 e. The summed E-state index contributed by atoms with van der Waals surface area (Å²) in [4.78, 5) is 25.4. The average Bonchev–Trinajstić information content (AvgIpc) is 1.81. The predicted molar refractivity (Wildman–Crippen MR) is 45.8 cm³/mol. The molecular weight excluding hydrogens is 174 g/mol. The topological polar surface area (TPSA) is 75.6 Å². The standard InChI is InChI=1S/C8H15NO4/c1-8(2,3)4-6(10)9-13-5-7(11)12/h4-5H2,1-3H3,(H,9,10)(H,11,12). The second-order valence-electron chi connectivity index (χ2n) is 3.95. The summed E-state index contributed by atoms with van der Waals surface area (Å²) in [6.45, 7) is 5.20. The molecule has 2 N–H and O–H groups in total. The first-order chi connectivity index (χ1) is 5.81. The second-order valence-corrected chi connectivity index (χ2v) is 3.95. The van der Waals surface area contributed by atoms with Gasteiger partial charge >= 0.3 is 5.97 Å². The molecule has 0 aliphatic rings. The highest BCUT2D eigenvalue weighted by atomic mass is 16.7. The van der Waals surface area contributed by atoms with Crippen molar-refractivity contribution in [2.24, 2.45) is 5.41 Å². The van der Waals surface area contributed by atoms with E-state index in [4.69, 9.17) is 5.11 Å². The molecule has 0 aromatic heterocycles. The number of hydroxylamine groups is 1. The molecule has 0 aliphatic heterocycles. The minimum Gasteiger partial charge on any atom is -0.479 e. The van der Waals surface area contributed by atoms with E-state index in [2.05, 4.69) is 10.3 Å². The molecule has 76 valence electrons. The molecule has 0 unspecified atom stereocenters. The van der Waals surface area contributed by atoms with Crippen LogP contribution in [0.4, 0.5) is 0 Å². The van der Waals surface area contributed by atoms with Crippen LogP contribution in [-0.2, 0) is 14.4 Å². The lowest BCUT2D eigenvalue weighted by Crippen LogP contribution is -2.29. The van der Waals surface area contributed by atoms with Crippen LogP contribution >= 0.6 is 0 Å². The van der Waals surface area contributed by atoms with E-state index in [-0.39, 0.29) is 11.3 Å². The molecule has 1 amide bonds. The van der Waals surface area contributed by atoms with Crippen LogP contribution in [0.1, 0.15) is 27.2 Å². The van der Waals surface area contributed by atoms with E-state index in [1.54, 1.807) is 0 Å². The van der Waals surface area contributed by atoms with E-state index >= 15 is 0 Å². The van der Waals surface area contributed by atoms with Crippen LogP contribution in [0.15, 0.2) is 0 Å². The van der Waals surface area contributed by atoms with E-state index < -0.39 is 12.6 Å². The van der Waals surface area contributed by atoms with Crippen LogP contribution in [0.2, 0.25) is 0 Å². The maximum Gasteiger partial charge on any atom is 0.332 e. The number of carbonyl (C=O) groups excluding carboxylic acids is 1. The molecule has 0 saturated heterocycles. The minimum absolute atomic E-state index is 0.128. The molecule has 0 fully saturated rings. The maximum absolute atomic E-state index is 11.0. The first kappa shape index (κ1) is 11.9. The Morgan fingerprint density at radius 3 is 2.31 bits per heavy atom. The molecule has 0 heterocycles. The molecule has 0 rings (SSSR count). The number of carboxylic acid groups (broad SMARTS) is 1. The van der Waals surface area contributed by atoms with Crippen molar-refractivity contribution in [2.75, 3.05) is 6.61 Å². The Kier molecular flexibility index (Phi) is 4.40. The van der Waals surface area contributed by atoms with E-state index in [0.29, 0.717) is 6.42 Å². The number of hydrogen-bond donors (Lipinski definition) is 2. The third kappa shape index (κ3) is 8.81. The highest BCUT2D eigenvalue weighted by Gasteiger charge is 2.15. The summed E-state index contributed by atoms with van der Waals surface area (Å²) in [5.41, 5.74) is 1.92. The van der Waals surface area contributed by atoms with Gasteiger partial charge in [-0.1, -0.05) is 20.8 Å². The highest BCUT2D eigenvalue weighted by Crippen LogP contribution is 2.17. The normalized spacial score (nSPS) is 11.0. The number of hydrogen-bond acceptors (Lipinski definition) is 3. The molecule has 0 spiro atoms. The zero-order valence-corrected chi connectivity index (χ0v) is 8.09. The third-order valence-corrected chi connectivity index (χ3v) is 1.07. The van der Waals surface area contributed by atoms with Gasteiger partial charge in [0.25, 0.3) is 0 Å². The summed E-state index contributed by atoms with van der Waals surface area (Å²) in [7, 11) is 0. The van der Waals surface area contributed by atoms with Gasteiger partial charge in [0.2, 0.25) is 5.91 Å². The van der Waals surface area contributed by atoms with E-state index in [1.165, 1.54) is 0 Å². The van der Waals surface area contributed by atoms with Gasteiger partial charge in [0.1, 0.15) is 0 Å². The van der Waals surface area contributed by atoms with Crippen LogP contribution in [0.25, 0.3) is 0 Å².